The summed E-state index contributed by atoms with van der Waals surface area (Å²) in [7, 11) is 0. The van der Waals surface area contributed by atoms with E-state index in [9.17, 15) is 5.11 Å². The van der Waals surface area contributed by atoms with Crippen LogP contribution < -0.4 is 10.6 Å². The molecule has 0 bridgehead atoms. The van der Waals surface area contributed by atoms with Crippen molar-refractivity contribution in [1.29, 1.82) is 0 Å². The van der Waals surface area contributed by atoms with Gasteiger partial charge < -0.3 is 15.7 Å². The topological polar surface area (TPSA) is 56.7 Å². The van der Waals surface area contributed by atoms with Crippen molar-refractivity contribution in [2.75, 3.05) is 19.7 Å². The highest BCUT2D eigenvalue weighted by Crippen LogP contribution is 2.14. The zero-order valence-electron chi connectivity index (χ0n) is 11.2. The molecule has 1 aliphatic carbocycles. The van der Waals surface area contributed by atoms with Crippen molar-refractivity contribution in [3.8, 4) is 0 Å². The smallest absolute Gasteiger partial charge is 0.191 e. The second kappa shape index (κ2) is 6.64. The van der Waals surface area contributed by atoms with E-state index < -0.39 is 0 Å². The number of rotatable bonds is 5. The molecule has 0 radical (unpaired) electrons. The van der Waals surface area contributed by atoms with E-state index in [-0.39, 0.29) is 12.0 Å². The standard InChI is InChI=1S/C13H25N3O/c1-4-14-12(15-9-13(2,3)10-17)16-11-7-5-6-8-11/h5-6,11,17H,4,7-10H2,1-3H3,(H2,14,15,16). The quantitative estimate of drug-likeness (QED) is 0.385. The summed E-state index contributed by atoms with van der Waals surface area (Å²) >= 11 is 0. The van der Waals surface area contributed by atoms with Gasteiger partial charge in [-0.25, -0.2) is 0 Å². The molecule has 0 unspecified atom stereocenters. The van der Waals surface area contributed by atoms with Crippen LogP contribution in [0.2, 0.25) is 0 Å². The Labute approximate surface area is 104 Å². The number of hydrogen-bond donors (Lipinski definition) is 3. The summed E-state index contributed by atoms with van der Waals surface area (Å²) in [5.41, 5.74) is -0.156. The van der Waals surface area contributed by atoms with Crippen molar-refractivity contribution >= 4 is 5.96 Å². The highest BCUT2D eigenvalue weighted by Gasteiger charge is 2.17. The molecule has 98 valence electrons. The fourth-order valence-electron chi connectivity index (χ4n) is 1.59. The molecule has 1 rings (SSSR count). The minimum Gasteiger partial charge on any atom is -0.396 e. The fourth-order valence-corrected chi connectivity index (χ4v) is 1.59. The van der Waals surface area contributed by atoms with E-state index in [2.05, 4.69) is 34.7 Å². The van der Waals surface area contributed by atoms with E-state index in [4.69, 9.17) is 0 Å². The van der Waals surface area contributed by atoms with Gasteiger partial charge >= 0.3 is 0 Å². The second-order valence-corrected chi connectivity index (χ2v) is 5.30. The predicted molar refractivity (Wildman–Crippen MR) is 72.1 cm³/mol. The van der Waals surface area contributed by atoms with Crippen LogP contribution in [0.3, 0.4) is 0 Å². The number of guanidine groups is 1. The lowest BCUT2D eigenvalue weighted by molar-refractivity contribution is 0.167. The third kappa shape index (κ3) is 5.22. The Morgan fingerprint density at radius 2 is 2.06 bits per heavy atom. The molecule has 0 saturated heterocycles. The van der Waals surface area contributed by atoms with Crippen molar-refractivity contribution in [3.05, 3.63) is 12.2 Å². The Hall–Kier alpha value is -1.03. The van der Waals surface area contributed by atoms with E-state index in [0.717, 1.165) is 25.3 Å². The van der Waals surface area contributed by atoms with E-state index in [0.29, 0.717) is 12.6 Å². The third-order valence-corrected chi connectivity index (χ3v) is 2.79. The summed E-state index contributed by atoms with van der Waals surface area (Å²) < 4.78 is 0. The van der Waals surface area contributed by atoms with Gasteiger partial charge in [0.15, 0.2) is 5.96 Å². The van der Waals surface area contributed by atoms with E-state index in [1.165, 1.54) is 0 Å². The van der Waals surface area contributed by atoms with Gasteiger partial charge in [0.2, 0.25) is 0 Å². The van der Waals surface area contributed by atoms with Gasteiger partial charge in [-0.05, 0) is 19.8 Å². The monoisotopic (exact) mass is 239 g/mol. The van der Waals surface area contributed by atoms with Crippen molar-refractivity contribution in [1.82, 2.24) is 10.6 Å². The fraction of sp³-hybridized carbons (Fsp3) is 0.769. The number of hydrogen-bond acceptors (Lipinski definition) is 2. The van der Waals surface area contributed by atoms with E-state index in [1.807, 2.05) is 13.8 Å². The molecule has 0 heterocycles. The summed E-state index contributed by atoms with van der Waals surface area (Å²) in [5.74, 6) is 0.850. The van der Waals surface area contributed by atoms with E-state index >= 15 is 0 Å². The zero-order valence-corrected chi connectivity index (χ0v) is 11.2. The Kier molecular flexibility index (Phi) is 5.48. The molecule has 0 aromatic rings. The number of aliphatic hydroxyl groups excluding tert-OH is 1. The number of aliphatic hydroxyl groups is 1. The molecular weight excluding hydrogens is 214 g/mol. The lowest BCUT2D eigenvalue weighted by atomic mass is 9.95. The molecule has 0 aromatic carbocycles. The molecule has 0 aromatic heterocycles. The molecular formula is C13H25N3O. The van der Waals surface area contributed by atoms with Crippen LogP contribution in [-0.4, -0.2) is 36.8 Å². The van der Waals surface area contributed by atoms with Crippen LogP contribution in [-0.2, 0) is 0 Å². The molecule has 4 nitrogen and oxygen atoms in total. The summed E-state index contributed by atoms with van der Waals surface area (Å²) in [6, 6.07) is 0.463. The maximum absolute atomic E-state index is 9.20. The number of aliphatic imine (C=N–C) groups is 1. The lowest BCUT2D eigenvalue weighted by Gasteiger charge is -2.21. The largest absolute Gasteiger partial charge is 0.396 e. The maximum atomic E-state index is 9.20. The van der Waals surface area contributed by atoms with Crippen LogP contribution in [0.15, 0.2) is 17.1 Å². The SMILES string of the molecule is CCNC(=NCC(C)(C)CO)NC1CC=CC1. The Morgan fingerprint density at radius 3 is 2.59 bits per heavy atom. The first kappa shape index (κ1) is 14.0. The van der Waals surface area contributed by atoms with Crippen LogP contribution in [0.4, 0.5) is 0 Å². The van der Waals surface area contributed by atoms with Gasteiger partial charge in [0.1, 0.15) is 0 Å². The summed E-state index contributed by atoms with van der Waals surface area (Å²) in [6.45, 7) is 7.71. The molecule has 1 aliphatic rings. The van der Waals surface area contributed by atoms with Crippen LogP contribution in [0.5, 0.6) is 0 Å². The first-order chi connectivity index (χ1) is 8.07. The maximum Gasteiger partial charge on any atom is 0.191 e. The van der Waals surface area contributed by atoms with Gasteiger partial charge in [0.25, 0.3) is 0 Å². The average molecular weight is 239 g/mol. The Morgan fingerprint density at radius 1 is 1.41 bits per heavy atom. The highest BCUT2D eigenvalue weighted by molar-refractivity contribution is 5.80. The summed E-state index contributed by atoms with van der Waals surface area (Å²) in [4.78, 5) is 4.53. The van der Waals surface area contributed by atoms with Crippen LogP contribution in [0.25, 0.3) is 0 Å². The average Bonchev–Trinajstić information content (AvgIpc) is 2.79. The molecule has 0 fully saturated rings. The van der Waals surface area contributed by atoms with Gasteiger partial charge in [0.05, 0.1) is 6.54 Å². The van der Waals surface area contributed by atoms with Gasteiger partial charge in [-0.15, -0.1) is 0 Å². The van der Waals surface area contributed by atoms with E-state index in [1.54, 1.807) is 0 Å². The second-order valence-electron chi connectivity index (χ2n) is 5.30. The highest BCUT2D eigenvalue weighted by atomic mass is 16.3. The Bertz CT molecular complexity index is 276. The molecule has 0 amide bonds. The first-order valence-corrected chi connectivity index (χ1v) is 6.38. The summed E-state index contributed by atoms with van der Waals surface area (Å²) in [6.07, 6.45) is 6.51. The molecule has 0 aliphatic heterocycles. The summed E-state index contributed by atoms with van der Waals surface area (Å²) in [5, 5.41) is 15.8. The molecule has 4 heteroatoms. The Balaban J connectivity index is 2.48. The van der Waals surface area contributed by atoms with Crippen LogP contribution in [0, 0.1) is 5.41 Å². The van der Waals surface area contributed by atoms with Gasteiger partial charge in [-0.1, -0.05) is 26.0 Å². The minimum atomic E-state index is -0.156. The predicted octanol–water partition coefficient (Wildman–Crippen LogP) is 1.28. The molecule has 0 spiro atoms. The van der Waals surface area contributed by atoms with Crippen molar-refractivity contribution in [2.45, 2.75) is 39.7 Å². The molecule has 0 saturated carbocycles. The number of nitrogens with zero attached hydrogens (tertiary/aromatic N) is 1. The van der Waals surface area contributed by atoms with Crippen molar-refractivity contribution in [3.63, 3.8) is 0 Å². The normalized spacial score (nSPS) is 17.5. The van der Waals surface area contributed by atoms with Crippen molar-refractivity contribution in [2.24, 2.45) is 10.4 Å². The third-order valence-electron chi connectivity index (χ3n) is 2.79. The molecule has 3 N–H and O–H groups in total. The lowest BCUT2D eigenvalue weighted by Crippen LogP contribution is -2.43. The molecule has 17 heavy (non-hydrogen) atoms. The molecule has 0 atom stereocenters. The minimum absolute atomic E-state index is 0.154. The first-order valence-electron chi connectivity index (χ1n) is 6.38. The van der Waals surface area contributed by atoms with Gasteiger partial charge in [0, 0.05) is 24.6 Å². The van der Waals surface area contributed by atoms with Crippen molar-refractivity contribution < 1.29 is 5.11 Å². The van der Waals surface area contributed by atoms with Gasteiger partial charge in [-0.2, -0.15) is 0 Å². The van der Waals surface area contributed by atoms with Crippen LogP contribution in [0.1, 0.15) is 33.6 Å². The van der Waals surface area contributed by atoms with Gasteiger partial charge in [-0.3, -0.25) is 4.99 Å². The zero-order chi connectivity index (χ0) is 12.7. The number of nitrogens with one attached hydrogen (secondary N) is 2. The van der Waals surface area contributed by atoms with Crippen LogP contribution >= 0.6 is 0 Å².